The summed E-state index contributed by atoms with van der Waals surface area (Å²) in [6.45, 7) is 3.42. The average Bonchev–Trinajstić information content (AvgIpc) is 3.01. The number of nitrogens with one attached hydrogen (secondary N) is 1. The number of hydrogen-bond acceptors (Lipinski definition) is 4. The normalized spacial score (nSPS) is 20.0. The van der Waals surface area contributed by atoms with Crippen molar-refractivity contribution in [1.82, 2.24) is 4.90 Å². The van der Waals surface area contributed by atoms with Crippen molar-refractivity contribution in [2.45, 2.75) is 37.7 Å². The highest BCUT2D eigenvalue weighted by atomic mass is 127. The van der Waals surface area contributed by atoms with Gasteiger partial charge in [-0.3, -0.25) is 5.41 Å². The molecule has 1 spiro atoms. The van der Waals surface area contributed by atoms with Gasteiger partial charge in [-0.2, -0.15) is 0 Å². The lowest BCUT2D eigenvalue weighted by Crippen LogP contribution is -2.44. The van der Waals surface area contributed by atoms with Crippen LogP contribution in [0.2, 0.25) is 0 Å². The molecule has 0 amide bonds. The molecule has 0 aliphatic carbocycles. The van der Waals surface area contributed by atoms with Crippen LogP contribution in [0.1, 0.15) is 43.2 Å². The molecule has 1 aromatic rings. The lowest BCUT2D eigenvalue weighted by Gasteiger charge is -2.37. The van der Waals surface area contributed by atoms with Gasteiger partial charge in [0.05, 0.1) is 5.71 Å². The van der Waals surface area contributed by atoms with E-state index in [1.807, 2.05) is 24.3 Å². The maximum atomic E-state index is 7.47. The zero-order chi connectivity index (χ0) is 17.0. The summed E-state index contributed by atoms with van der Waals surface area (Å²) in [5, 5.41) is 11.8. The van der Waals surface area contributed by atoms with Crippen LogP contribution in [-0.4, -0.2) is 46.1 Å². The molecule has 2 aliphatic heterocycles. The first-order valence-corrected chi connectivity index (χ1v) is 10.1. The molecule has 0 saturated carbocycles. The molecule has 2 heterocycles. The van der Waals surface area contributed by atoms with Gasteiger partial charge in [-0.05, 0) is 29.4 Å². The number of hydrogen-bond donors (Lipinski definition) is 2. The highest BCUT2D eigenvalue weighted by Gasteiger charge is 2.42. The van der Waals surface area contributed by atoms with Gasteiger partial charge < -0.3 is 15.5 Å². The second-order valence-corrected chi connectivity index (χ2v) is 7.80. The van der Waals surface area contributed by atoms with Gasteiger partial charge in [0.2, 0.25) is 0 Å². The van der Waals surface area contributed by atoms with Crippen LogP contribution in [0.25, 0.3) is 0 Å². The Kier molecular flexibility index (Phi) is 5.76. The lowest BCUT2D eigenvalue weighted by atomic mass is 9.85. The molecule has 0 radical (unpaired) electrons. The first kappa shape index (κ1) is 17.7. The standard InChI is InChI=1S/C18H25IN4O/c19-9-1-2-10-23-11-7-18(8-12-23)13-16(22-24-18)14-3-5-15(6-4-14)17(20)21/h3-6H,1-2,7-13H2,(H3,20,21). The fourth-order valence-electron chi connectivity index (χ4n) is 3.40. The largest absolute Gasteiger partial charge is 0.388 e. The molecule has 130 valence electrons. The van der Waals surface area contributed by atoms with E-state index >= 15 is 0 Å². The molecule has 3 rings (SSSR count). The van der Waals surface area contributed by atoms with Crippen molar-refractivity contribution < 1.29 is 4.84 Å². The van der Waals surface area contributed by atoms with Crippen molar-refractivity contribution in [1.29, 1.82) is 5.41 Å². The van der Waals surface area contributed by atoms with E-state index in [1.54, 1.807) is 0 Å². The van der Waals surface area contributed by atoms with E-state index in [0.717, 1.165) is 49.2 Å². The van der Waals surface area contributed by atoms with Gasteiger partial charge in [-0.25, -0.2) is 0 Å². The first-order valence-electron chi connectivity index (χ1n) is 8.60. The molecule has 3 N–H and O–H groups in total. The molecule has 0 bridgehead atoms. The van der Waals surface area contributed by atoms with Crippen LogP contribution in [0.5, 0.6) is 0 Å². The number of alkyl halides is 1. The van der Waals surface area contributed by atoms with E-state index in [4.69, 9.17) is 16.0 Å². The SMILES string of the molecule is N=C(N)c1ccc(C2=NOC3(CCN(CCCCI)CC3)C2)cc1. The number of unbranched alkanes of at least 4 members (excludes halogenated alkanes) is 1. The number of benzene rings is 1. The molecule has 0 aromatic heterocycles. The van der Waals surface area contributed by atoms with Crippen LogP contribution in [0.4, 0.5) is 0 Å². The third-order valence-corrected chi connectivity index (χ3v) is 5.76. The highest BCUT2D eigenvalue weighted by Crippen LogP contribution is 2.36. The second kappa shape index (κ2) is 7.82. The van der Waals surface area contributed by atoms with E-state index in [-0.39, 0.29) is 11.4 Å². The highest BCUT2D eigenvalue weighted by molar-refractivity contribution is 14.1. The molecule has 5 nitrogen and oxygen atoms in total. The average molecular weight is 440 g/mol. The predicted molar refractivity (Wildman–Crippen MR) is 106 cm³/mol. The van der Waals surface area contributed by atoms with Gasteiger partial charge in [-0.15, -0.1) is 0 Å². The second-order valence-electron chi connectivity index (χ2n) is 6.72. The summed E-state index contributed by atoms with van der Waals surface area (Å²) in [6, 6.07) is 7.72. The van der Waals surface area contributed by atoms with Gasteiger partial charge in [0.25, 0.3) is 0 Å². The lowest BCUT2D eigenvalue weighted by molar-refractivity contribution is -0.0614. The van der Waals surface area contributed by atoms with E-state index in [1.165, 1.54) is 23.8 Å². The third kappa shape index (κ3) is 4.08. The Hall–Kier alpha value is -1.15. The van der Waals surface area contributed by atoms with Crippen molar-refractivity contribution in [2.75, 3.05) is 24.1 Å². The predicted octanol–water partition coefficient (Wildman–Crippen LogP) is 3.14. The van der Waals surface area contributed by atoms with Crippen molar-refractivity contribution in [3.8, 4) is 0 Å². The van der Waals surface area contributed by atoms with E-state index < -0.39 is 0 Å². The van der Waals surface area contributed by atoms with Crippen LogP contribution in [0.3, 0.4) is 0 Å². The number of rotatable bonds is 6. The summed E-state index contributed by atoms with van der Waals surface area (Å²) in [6.07, 6.45) is 5.59. The Morgan fingerprint density at radius 1 is 1.25 bits per heavy atom. The van der Waals surface area contributed by atoms with Crippen molar-refractivity contribution in [2.24, 2.45) is 10.9 Å². The van der Waals surface area contributed by atoms with Crippen LogP contribution >= 0.6 is 22.6 Å². The number of oxime groups is 1. The summed E-state index contributed by atoms with van der Waals surface area (Å²) in [7, 11) is 0. The smallest absolute Gasteiger partial charge is 0.145 e. The molecular weight excluding hydrogens is 415 g/mol. The van der Waals surface area contributed by atoms with E-state index in [9.17, 15) is 0 Å². The molecular formula is C18H25IN4O. The Morgan fingerprint density at radius 3 is 2.58 bits per heavy atom. The van der Waals surface area contributed by atoms with Gasteiger partial charge in [-0.1, -0.05) is 52.0 Å². The van der Waals surface area contributed by atoms with Crippen molar-refractivity contribution in [3.05, 3.63) is 35.4 Å². The molecule has 0 unspecified atom stereocenters. The summed E-state index contributed by atoms with van der Waals surface area (Å²) in [5.41, 5.74) is 8.24. The summed E-state index contributed by atoms with van der Waals surface area (Å²) in [4.78, 5) is 8.45. The fraction of sp³-hybridized carbons (Fsp3) is 0.556. The summed E-state index contributed by atoms with van der Waals surface area (Å²) in [5.74, 6) is 0.0950. The van der Waals surface area contributed by atoms with Gasteiger partial charge in [0, 0.05) is 37.9 Å². The van der Waals surface area contributed by atoms with Crippen LogP contribution in [0, 0.1) is 5.41 Å². The molecule has 24 heavy (non-hydrogen) atoms. The summed E-state index contributed by atoms with van der Waals surface area (Å²) < 4.78 is 1.25. The van der Waals surface area contributed by atoms with Gasteiger partial charge in [0.1, 0.15) is 11.4 Å². The molecule has 0 atom stereocenters. The van der Waals surface area contributed by atoms with E-state index in [2.05, 4.69) is 32.6 Å². The third-order valence-electron chi connectivity index (χ3n) is 4.99. The number of piperidine rings is 1. The fourth-order valence-corrected chi connectivity index (χ4v) is 3.94. The topological polar surface area (TPSA) is 74.7 Å². The maximum Gasteiger partial charge on any atom is 0.145 e. The van der Waals surface area contributed by atoms with Crippen LogP contribution < -0.4 is 5.73 Å². The minimum Gasteiger partial charge on any atom is -0.388 e. The Labute approximate surface area is 157 Å². The quantitative estimate of drug-likeness (QED) is 0.235. The number of nitrogens with zero attached hydrogens (tertiary/aromatic N) is 2. The Bertz CT molecular complexity index is 606. The number of nitrogen functional groups attached to an aromatic ring is 1. The summed E-state index contributed by atoms with van der Waals surface area (Å²) >= 11 is 2.45. The number of likely N-dealkylation sites (tertiary alicyclic amines) is 1. The molecule has 6 heteroatoms. The minimum absolute atomic E-state index is 0.0950. The minimum atomic E-state index is -0.103. The van der Waals surface area contributed by atoms with E-state index in [0.29, 0.717) is 0 Å². The molecule has 1 fully saturated rings. The molecule has 1 aromatic carbocycles. The first-order chi connectivity index (χ1) is 11.6. The monoisotopic (exact) mass is 440 g/mol. The van der Waals surface area contributed by atoms with Gasteiger partial charge >= 0.3 is 0 Å². The zero-order valence-corrected chi connectivity index (χ0v) is 16.1. The zero-order valence-electron chi connectivity index (χ0n) is 13.9. The van der Waals surface area contributed by atoms with Crippen LogP contribution in [-0.2, 0) is 4.84 Å². The van der Waals surface area contributed by atoms with Gasteiger partial charge in [0.15, 0.2) is 0 Å². The number of amidine groups is 1. The molecule has 2 aliphatic rings. The molecule has 1 saturated heterocycles. The van der Waals surface area contributed by atoms with Crippen LogP contribution in [0.15, 0.2) is 29.4 Å². The van der Waals surface area contributed by atoms with Crippen molar-refractivity contribution in [3.63, 3.8) is 0 Å². The number of nitrogens with two attached hydrogens (primary N) is 1. The maximum absolute atomic E-state index is 7.47. The number of halogens is 1. The van der Waals surface area contributed by atoms with Crippen molar-refractivity contribution >= 4 is 34.1 Å². The Balaban J connectivity index is 1.54. The Morgan fingerprint density at radius 2 is 1.96 bits per heavy atom.